The summed E-state index contributed by atoms with van der Waals surface area (Å²) in [5.41, 5.74) is 8.34. The van der Waals surface area contributed by atoms with Crippen LogP contribution in [0.3, 0.4) is 0 Å². The molecule has 3 nitrogen and oxygen atoms in total. The van der Waals surface area contributed by atoms with Crippen molar-refractivity contribution in [3.8, 4) is 0 Å². The molecule has 0 bridgehead atoms. The Hall–Kier alpha value is -2.63. The molecule has 0 saturated carbocycles. The molecule has 0 radical (unpaired) electrons. The molecule has 2 aliphatic heterocycles. The van der Waals surface area contributed by atoms with Gasteiger partial charge in [0.1, 0.15) is 0 Å². The molecule has 1 aliphatic carbocycles. The molecule has 0 fully saturated rings. The van der Waals surface area contributed by atoms with Crippen LogP contribution in [-0.2, 0) is 0 Å². The SMILES string of the molecule is Cc1ccc2c(c1)[C@H]1c3cccc4cccc(c34)[C@H]1[C@H]1c3cc(Br)cc(Br)c3N(C)C(=O)N21. The monoisotopic (exact) mass is 558 g/mol. The second-order valence-corrected chi connectivity index (χ2v) is 11.1. The normalized spacial score (nSPS) is 22.2. The number of carbonyl (C=O) groups excluding carboxylic acids is 1. The summed E-state index contributed by atoms with van der Waals surface area (Å²) in [5.74, 6) is 0.363. The lowest BCUT2D eigenvalue weighted by Crippen LogP contribution is -2.52. The van der Waals surface area contributed by atoms with E-state index in [0.29, 0.717) is 0 Å². The summed E-state index contributed by atoms with van der Waals surface area (Å²) in [6.45, 7) is 2.14. The Morgan fingerprint density at radius 2 is 1.61 bits per heavy atom. The fourth-order valence-electron chi connectivity index (χ4n) is 6.45. The minimum Gasteiger partial charge on any atom is -0.296 e. The maximum atomic E-state index is 13.9. The number of hydrogen-bond donors (Lipinski definition) is 0. The molecule has 4 aromatic rings. The van der Waals surface area contributed by atoms with Gasteiger partial charge in [-0.1, -0.05) is 70.0 Å². The van der Waals surface area contributed by atoms with E-state index in [4.69, 9.17) is 0 Å². The molecule has 3 aliphatic rings. The molecule has 5 heteroatoms. The molecule has 2 heterocycles. The number of halogens is 2. The van der Waals surface area contributed by atoms with Crippen molar-refractivity contribution in [2.45, 2.75) is 24.8 Å². The standard InChI is InChI=1S/C28H20Br2N2O/c1-14-9-10-22-19(11-14)24-17-7-3-5-15-6-4-8-18(23(15)17)25(24)27-20-12-16(29)13-21(30)26(20)31(2)28(33)32(22)27/h3-13,24-25,27H,1-2H3/t24-,25-,27-/m1/s1. The zero-order valence-corrected chi connectivity index (χ0v) is 21.3. The average Bonchev–Trinajstić information content (AvgIpc) is 3.13. The van der Waals surface area contributed by atoms with Gasteiger partial charge in [0.25, 0.3) is 0 Å². The fourth-order valence-corrected chi connectivity index (χ4v) is 7.98. The van der Waals surface area contributed by atoms with Crippen molar-refractivity contribution >= 4 is 60.0 Å². The molecule has 3 atom stereocenters. The Balaban J connectivity index is 1.62. The topological polar surface area (TPSA) is 23.6 Å². The maximum Gasteiger partial charge on any atom is 0.329 e. The minimum absolute atomic E-state index is 0.0159. The first-order valence-electron chi connectivity index (χ1n) is 11.1. The molecule has 0 saturated heterocycles. The van der Waals surface area contributed by atoms with Crippen LogP contribution in [-0.4, -0.2) is 13.1 Å². The van der Waals surface area contributed by atoms with Crippen LogP contribution >= 0.6 is 31.9 Å². The van der Waals surface area contributed by atoms with Gasteiger partial charge in [-0.3, -0.25) is 9.80 Å². The lowest BCUT2D eigenvalue weighted by atomic mass is 9.71. The number of benzene rings is 4. The van der Waals surface area contributed by atoms with Crippen LogP contribution in [0.1, 0.15) is 45.7 Å². The van der Waals surface area contributed by atoms with Gasteiger partial charge >= 0.3 is 6.03 Å². The first-order chi connectivity index (χ1) is 16.0. The van der Waals surface area contributed by atoms with Crippen molar-refractivity contribution in [3.63, 3.8) is 0 Å². The third kappa shape index (κ3) is 2.47. The van der Waals surface area contributed by atoms with E-state index in [2.05, 4.69) is 99.4 Å². The maximum absolute atomic E-state index is 13.9. The highest BCUT2D eigenvalue weighted by atomic mass is 79.9. The van der Waals surface area contributed by atoms with E-state index in [9.17, 15) is 4.79 Å². The van der Waals surface area contributed by atoms with Crippen molar-refractivity contribution in [2.24, 2.45) is 0 Å². The van der Waals surface area contributed by atoms with E-state index < -0.39 is 0 Å². The average molecular weight is 560 g/mol. The number of rotatable bonds is 0. The Morgan fingerprint density at radius 1 is 0.848 bits per heavy atom. The van der Waals surface area contributed by atoms with Crippen LogP contribution in [0, 0.1) is 6.92 Å². The van der Waals surface area contributed by atoms with Gasteiger partial charge in [0.2, 0.25) is 0 Å². The molecule has 0 spiro atoms. The molecular weight excluding hydrogens is 540 g/mol. The smallest absolute Gasteiger partial charge is 0.296 e. The number of urea groups is 1. The van der Waals surface area contributed by atoms with E-state index >= 15 is 0 Å². The summed E-state index contributed by atoms with van der Waals surface area (Å²) in [7, 11) is 1.88. The summed E-state index contributed by atoms with van der Waals surface area (Å²) in [6, 6.07) is 24.0. The van der Waals surface area contributed by atoms with Crippen molar-refractivity contribution in [3.05, 3.63) is 103 Å². The Kier molecular flexibility index (Phi) is 4.02. The van der Waals surface area contributed by atoms with Crippen LogP contribution in [0.2, 0.25) is 0 Å². The molecule has 2 amide bonds. The Bertz CT molecular complexity index is 1520. The van der Waals surface area contributed by atoms with E-state index in [0.717, 1.165) is 20.3 Å². The molecular formula is C28H20Br2N2O. The van der Waals surface area contributed by atoms with E-state index in [1.54, 1.807) is 4.90 Å². The number of fused-ring (bicyclic) bond motifs is 10. The highest BCUT2D eigenvalue weighted by molar-refractivity contribution is 9.11. The number of nitrogens with zero attached hydrogens (tertiary/aromatic N) is 2. The van der Waals surface area contributed by atoms with Crippen molar-refractivity contribution in [2.75, 3.05) is 16.8 Å². The molecule has 0 unspecified atom stereocenters. The van der Waals surface area contributed by atoms with Crippen LogP contribution in [0.5, 0.6) is 0 Å². The van der Waals surface area contributed by atoms with Crippen molar-refractivity contribution in [1.29, 1.82) is 0 Å². The van der Waals surface area contributed by atoms with Crippen LogP contribution < -0.4 is 9.80 Å². The predicted molar refractivity (Wildman–Crippen MR) is 141 cm³/mol. The minimum atomic E-state index is -0.0873. The quantitative estimate of drug-likeness (QED) is 0.214. The van der Waals surface area contributed by atoms with Gasteiger partial charge in [-0.05, 0) is 68.5 Å². The second kappa shape index (κ2) is 6.71. The summed E-state index contributed by atoms with van der Waals surface area (Å²) in [4.78, 5) is 17.8. The highest BCUT2D eigenvalue weighted by Crippen LogP contribution is 2.63. The first-order valence-corrected chi connectivity index (χ1v) is 12.7. The lowest BCUT2D eigenvalue weighted by Gasteiger charge is -2.50. The third-order valence-corrected chi connectivity index (χ3v) is 8.69. The van der Waals surface area contributed by atoms with E-state index in [1.807, 2.05) is 18.0 Å². The largest absolute Gasteiger partial charge is 0.329 e. The summed E-state index contributed by atoms with van der Waals surface area (Å²) >= 11 is 7.46. The zero-order chi connectivity index (χ0) is 22.6. The molecule has 33 heavy (non-hydrogen) atoms. The van der Waals surface area contributed by atoms with Crippen LogP contribution in [0.4, 0.5) is 16.2 Å². The highest BCUT2D eigenvalue weighted by Gasteiger charge is 2.53. The van der Waals surface area contributed by atoms with Gasteiger partial charge in [-0.15, -0.1) is 0 Å². The number of amides is 2. The number of anilines is 2. The Morgan fingerprint density at radius 3 is 2.39 bits per heavy atom. The third-order valence-electron chi connectivity index (χ3n) is 7.62. The van der Waals surface area contributed by atoms with Crippen LogP contribution in [0.15, 0.2) is 75.7 Å². The second-order valence-electron chi connectivity index (χ2n) is 9.34. The number of aryl methyl sites for hydroxylation is 1. The first kappa shape index (κ1) is 19.8. The molecule has 0 aromatic heterocycles. The van der Waals surface area contributed by atoms with Crippen molar-refractivity contribution in [1.82, 2.24) is 0 Å². The molecule has 4 aromatic carbocycles. The fraction of sp³-hybridized carbons (Fsp3) is 0.179. The predicted octanol–water partition coefficient (Wildman–Crippen LogP) is 8.03. The number of hydrogen-bond acceptors (Lipinski definition) is 1. The van der Waals surface area contributed by atoms with Gasteiger partial charge in [-0.2, -0.15) is 0 Å². The van der Waals surface area contributed by atoms with Gasteiger partial charge in [-0.25, -0.2) is 4.79 Å². The van der Waals surface area contributed by atoms with E-state index in [-0.39, 0.29) is 23.9 Å². The van der Waals surface area contributed by atoms with Gasteiger partial charge < -0.3 is 0 Å². The summed E-state index contributed by atoms with van der Waals surface area (Å²) in [6.07, 6.45) is 0. The molecule has 162 valence electrons. The van der Waals surface area contributed by atoms with E-state index in [1.165, 1.54) is 38.6 Å². The molecule has 0 N–H and O–H groups in total. The Labute approximate surface area is 209 Å². The number of carbonyl (C=O) groups is 1. The lowest BCUT2D eigenvalue weighted by molar-refractivity contribution is 0.245. The van der Waals surface area contributed by atoms with Crippen LogP contribution in [0.25, 0.3) is 10.8 Å². The van der Waals surface area contributed by atoms with Gasteiger partial charge in [0.15, 0.2) is 0 Å². The summed E-state index contributed by atoms with van der Waals surface area (Å²) in [5, 5.41) is 2.63. The summed E-state index contributed by atoms with van der Waals surface area (Å²) < 4.78 is 1.94. The van der Waals surface area contributed by atoms with Gasteiger partial charge in [0, 0.05) is 33.4 Å². The molecule has 7 rings (SSSR count). The van der Waals surface area contributed by atoms with Crippen molar-refractivity contribution < 1.29 is 4.79 Å². The van der Waals surface area contributed by atoms with Gasteiger partial charge in [0.05, 0.1) is 17.4 Å². The zero-order valence-electron chi connectivity index (χ0n) is 18.1.